The van der Waals surface area contributed by atoms with E-state index < -0.39 is 0 Å². The zero-order valence-electron chi connectivity index (χ0n) is 11.7. The molecule has 0 radical (unpaired) electrons. The van der Waals surface area contributed by atoms with Crippen LogP contribution in [0, 0.1) is 5.92 Å². The smallest absolute Gasteiger partial charge is 0.0428 e. The highest BCUT2D eigenvalue weighted by Gasteiger charge is 2.12. The molecule has 1 aromatic rings. The molecule has 0 saturated heterocycles. The number of para-hydroxylation sites is 1. The minimum absolute atomic E-state index is 0.537. The molecule has 1 aromatic carbocycles. The Kier molecular flexibility index (Phi) is 5.49. The first-order valence-corrected chi connectivity index (χ1v) is 6.65. The Hall–Kier alpha value is -1.02. The van der Waals surface area contributed by atoms with Gasteiger partial charge in [-0.1, -0.05) is 39.0 Å². The second kappa shape index (κ2) is 6.65. The summed E-state index contributed by atoms with van der Waals surface area (Å²) in [5, 5.41) is 0. The highest BCUT2D eigenvalue weighted by atomic mass is 15.1. The first kappa shape index (κ1) is 14.0. The minimum Gasteiger partial charge on any atom is -0.374 e. The highest BCUT2D eigenvalue weighted by molar-refractivity contribution is 5.59. The zero-order valence-corrected chi connectivity index (χ0v) is 11.7. The van der Waals surface area contributed by atoms with Gasteiger partial charge >= 0.3 is 0 Å². The molecule has 1 rings (SSSR count). The van der Waals surface area contributed by atoms with Gasteiger partial charge in [0.25, 0.3) is 0 Å². The molecule has 2 heteroatoms. The first-order chi connectivity index (χ1) is 8.13. The Bertz CT molecular complexity index is 325. The number of anilines is 1. The van der Waals surface area contributed by atoms with Crippen LogP contribution in [0.25, 0.3) is 0 Å². The Morgan fingerprint density at radius 2 is 1.71 bits per heavy atom. The molecule has 0 heterocycles. The molecule has 0 bridgehead atoms. The maximum absolute atomic E-state index is 5.71. The summed E-state index contributed by atoms with van der Waals surface area (Å²) in [7, 11) is 2.18. The Balaban J connectivity index is 3.00. The fourth-order valence-corrected chi connectivity index (χ4v) is 2.34. The highest BCUT2D eigenvalue weighted by Crippen LogP contribution is 2.26. The standard InChI is InChI=1S/C15H26N2/c1-5-13-8-7-9-14(6-2)15(13)17(4)11-12(3)10-16/h7-9,12H,5-6,10-11,16H2,1-4H3. The van der Waals surface area contributed by atoms with Crippen LogP contribution in [0.5, 0.6) is 0 Å². The molecule has 0 aromatic heterocycles. The lowest BCUT2D eigenvalue weighted by molar-refractivity contribution is 0.588. The molecule has 2 nitrogen and oxygen atoms in total. The number of nitrogens with zero attached hydrogens (tertiary/aromatic N) is 1. The molecule has 0 aliphatic heterocycles. The van der Waals surface area contributed by atoms with E-state index in [2.05, 4.69) is 50.9 Å². The summed E-state index contributed by atoms with van der Waals surface area (Å²) in [4.78, 5) is 2.37. The fourth-order valence-electron chi connectivity index (χ4n) is 2.34. The average molecular weight is 234 g/mol. The number of aryl methyl sites for hydroxylation is 2. The Morgan fingerprint density at radius 3 is 2.12 bits per heavy atom. The number of hydrogen-bond donors (Lipinski definition) is 1. The maximum Gasteiger partial charge on any atom is 0.0428 e. The van der Waals surface area contributed by atoms with E-state index in [4.69, 9.17) is 5.73 Å². The van der Waals surface area contributed by atoms with Crippen LogP contribution in [0.1, 0.15) is 31.9 Å². The summed E-state index contributed by atoms with van der Waals surface area (Å²) in [6.07, 6.45) is 2.18. The van der Waals surface area contributed by atoms with Crippen LogP contribution in [0.4, 0.5) is 5.69 Å². The Morgan fingerprint density at radius 1 is 1.18 bits per heavy atom. The molecule has 2 N–H and O–H groups in total. The molecule has 0 aliphatic rings. The van der Waals surface area contributed by atoms with E-state index in [0.717, 1.165) is 25.9 Å². The summed E-state index contributed by atoms with van der Waals surface area (Å²) in [5.41, 5.74) is 10.0. The normalized spacial score (nSPS) is 12.5. The predicted molar refractivity (Wildman–Crippen MR) is 76.7 cm³/mol. The summed E-state index contributed by atoms with van der Waals surface area (Å²) in [6.45, 7) is 8.42. The lowest BCUT2D eigenvalue weighted by Crippen LogP contribution is -2.29. The summed E-state index contributed by atoms with van der Waals surface area (Å²) in [6, 6.07) is 6.64. The second-order valence-corrected chi connectivity index (χ2v) is 4.85. The van der Waals surface area contributed by atoms with E-state index in [-0.39, 0.29) is 0 Å². The third-order valence-corrected chi connectivity index (χ3v) is 3.33. The monoisotopic (exact) mass is 234 g/mol. The lowest BCUT2D eigenvalue weighted by atomic mass is 10.0. The van der Waals surface area contributed by atoms with Crippen molar-refractivity contribution in [3.8, 4) is 0 Å². The summed E-state index contributed by atoms with van der Waals surface area (Å²) < 4.78 is 0. The molecule has 96 valence electrons. The van der Waals surface area contributed by atoms with Crippen molar-refractivity contribution >= 4 is 5.69 Å². The molecule has 1 atom stereocenters. The fraction of sp³-hybridized carbons (Fsp3) is 0.600. The molecular formula is C15H26N2. The van der Waals surface area contributed by atoms with E-state index >= 15 is 0 Å². The third kappa shape index (κ3) is 3.47. The molecule has 0 aliphatic carbocycles. The third-order valence-electron chi connectivity index (χ3n) is 3.33. The molecule has 0 amide bonds. The van der Waals surface area contributed by atoms with Gasteiger partial charge in [-0.25, -0.2) is 0 Å². The van der Waals surface area contributed by atoms with E-state index in [1.165, 1.54) is 16.8 Å². The van der Waals surface area contributed by atoms with Crippen molar-refractivity contribution in [2.45, 2.75) is 33.6 Å². The van der Waals surface area contributed by atoms with Crippen molar-refractivity contribution in [2.75, 3.05) is 25.0 Å². The van der Waals surface area contributed by atoms with Gasteiger partial charge in [-0.2, -0.15) is 0 Å². The van der Waals surface area contributed by atoms with Gasteiger partial charge in [0.15, 0.2) is 0 Å². The van der Waals surface area contributed by atoms with Gasteiger partial charge in [0.05, 0.1) is 0 Å². The van der Waals surface area contributed by atoms with E-state index in [1.54, 1.807) is 0 Å². The molecule has 0 fully saturated rings. The number of benzene rings is 1. The minimum atomic E-state index is 0.537. The van der Waals surface area contributed by atoms with Crippen LogP contribution in [-0.2, 0) is 12.8 Å². The van der Waals surface area contributed by atoms with Crippen molar-refractivity contribution in [1.82, 2.24) is 0 Å². The van der Waals surface area contributed by atoms with Gasteiger partial charge in [0.1, 0.15) is 0 Å². The molecule has 0 spiro atoms. The maximum atomic E-state index is 5.71. The lowest BCUT2D eigenvalue weighted by Gasteiger charge is -2.27. The topological polar surface area (TPSA) is 29.3 Å². The van der Waals surface area contributed by atoms with Crippen LogP contribution in [0.15, 0.2) is 18.2 Å². The van der Waals surface area contributed by atoms with Gasteiger partial charge in [-0.05, 0) is 36.4 Å². The van der Waals surface area contributed by atoms with E-state index in [0.29, 0.717) is 5.92 Å². The van der Waals surface area contributed by atoms with Crippen molar-refractivity contribution < 1.29 is 0 Å². The van der Waals surface area contributed by atoms with Crippen LogP contribution >= 0.6 is 0 Å². The Labute approximate surface area is 106 Å². The molecular weight excluding hydrogens is 208 g/mol. The quantitative estimate of drug-likeness (QED) is 0.820. The number of rotatable bonds is 6. The van der Waals surface area contributed by atoms with Crippen molar-refractivity contribution in [1.29, 1.82) is 0 Å². The van der Waals surface area contributed by atoms with Gasteiger partial charge in [-0.3, -0.25) is 0 Å². The van der Waals surface area contributed by atoms with Crippen molar-refractivity contribution in [2.24, 2.45) is 11.7 Å². The summed E-state index contributed by atoms with van der Waals surface area (Å²) >= 11 is 0. The van der Waals surface area contributed by atoms with Crippen LogP contribution in [0.2, 0.25) is 0 Å². The molecule has 1 unspecified atom stereocenters. The number of hydrogen-bond acceptors (Lipinski definition) is 2. The van der Waals surface area contributed by atoms with Crippen LogP contribution < -0.4 is 10.6 Å². The van der Waals surface area contributed by atoms with Crippen molar-refractivity contribution in [3.63, 3.8) is 0 Å². The van der Waals surface area contributed by atoms with E-state index in [1.807, 2.05) is 0 Å². The largest absolute Gasteiger partial charge is 0.374 e. The van der Waals surface area contributed by atoms with Gasteiger partial charge < -0.3 is 10.6 Å². The van der Waals surface area contributed by atoms with E-state index in [9.17, 15) is 0 Å². The van der Waals surface area contributed by atoms with Gasteiger partial charge in [0.2, 0.25) is 0 Å². The first-order valence-electron chi connectivity index (χ1n) is 6.65. The van der Waals surface area contributed by atoms with Gasteiger partial charge in [-0.15, -0.1) is 0 Å². The predicted octanol–water partition coefficient (Wildman–Crippen LogP) is 2.84. The van der Waals surface area contributed by atoms with Crippen LogP contribution in [-0.4, -0.2) is 20.1 Å². The number of nitrogens with two attached hydrogens (primary N) is 1. The molecule has 0 saturated carbocycles. The average Bonchev–Trinajstić information content (AvgIpc) is 2.37. The molecule has 17 heavy (non-hydrogen) atoms. The second-order valence-electron chi connectivity index (χ2n) is 4.85. The SMILES string of the molecule is CCc1cccc(CC)c1N(C)CC(C)CN. The zero-order chi connectivity index (χ0) is 12.8. The van der Waals surface area contributed by atoms with Crippen molar-refractivity contribution in [3.05, 3.63) is 29.3 Å². The summed E-state index contributed by atoms with van der Waals surface area (Å²) in [5.74, 6) is 0.537. The van der Waals surface area contributed by atoms with Crippen LogP contribution in [0.3, 0.4) is 0 Å². The van der Waals surface area contributed by atoms with Gasteiger partial charge in [0, 0.05) is 19.3 Å².